The molecule has 2 nitrogen and oxygen atoms in total. The number of nitrogens with one attached hydrogen (secondary N) is 1. The first-order valence-electron chi connectivity index (χ1n) is 6.92. The lowest BCUT2D eigenvalue weighted by Crippen LogP contribution is -2.41. The van der Waals surface area contributed by atoms with Crippen molar-refractivity contribution in [1.29, 1.82) is 0 Å². The van der Waals surface area contributed by atoms with Crippen molar-refractivity contribution < 1.29 is 0 Å². The Hall–Kier alpha value is -1.02. The van der Waals surface area contributed by atoms with Crippen LogP contribution in [0.5, 0.6) is 0 Å². The fourth-order valence-corrected chi connectivity index (χ4v) is 2.69. The van der Waals surface area contributed by atoms with Crippen LogP contribution in [0.2, 0.25) is 0 Å². The third-order valence-electron chi connectivity index (χ3n) is 4.36. The van der Waals surface area contributed by atoms with Crippen molar-refractivity contribution in [3.05, 3.63) is 29.8 Å². The van der Waals surface area contributed by atoms with E-state index in [1.54, 1.807) is 0 Å². The van der Waals surface area contributed by atoms with Crippen LogP contribution in [-0.4, -0.2) is 31.1 Å². The van der Waals surface area contributed by atoms with Crippen LogP contribution in [0.1, 0.15) is 39.2 Å². The van der Waals surface area contributed by atoms with E-state index in [0.717, 1.165) is 13.1 Å². The van der Waals surface area contributed by atoms with Crippen molar-refractivity contribution in [1.82, 2.24) is 4.90 Å². The molecule has 100 valence electrons. The second-order valence-electron chi connectivity index (χ2n) is 6.65. The van der Waals surface area contributed by atoms with E-state index in [2.05, 4.69) is 69.2 Å². The standard InChI is InChI=1S/C16H26N2/c1-12(16(2,3)4)18(5)11-13-10-17-15-9-7-6-8-14(13)15/h6-9,12-13,17H,10-11H2,1-5H3. The smallest absolute Gasteiger partial charge is 0.0376 e. The van der Waals surface area contributed by atoms with Crippen LogP contribution in [-0.2, 0) is 0 Å². The number of benzene rings is 1. The van der Waals surface area contributed by atoms with Crippen molar-refractivity contribution in [2.24, 2.45) is 5.41 Å². The van der Waals surface area contributed by atoms with Crippen LogP contribution in [0.3, 0.4) is 0 Å². The largest absolute Gasteiger partial charge is 0.384 e. The zero-order valence-corrected chi connectivity index (χ0v) is 12.3. The van der Waals surface area contributed by atoms with Gasteiger partial charge in [0.1, 0.15) is 0 Å². The molecule has 1 aliphatic rings. The third-order valence-corrected chi connectivity index (χ3v) is 4.36. The Morgan fingerprint density at radius 3 is 2.67 bits per heavy atom. The molecular formula is C16H26N2. The van der Waals surface area contributed by atoms with E-state index in [9.17, 15) is 0 Å². The van der Waals surface area contributed by atoms with Crippen molar-refractivity contribution in [2.75, 3.05) is 25.5 Å². The van der Waals surface area contributed by atoms with E-state index in [-0.39, 0.29) is 0 Å². The SMILES string of the molecule is CC(N(C)CC1CNc2ccccc21)C(C)(C)C. The van der Waals surface area contributed by atoms with Crippen molar-refractivity contribution in [3.8, 4) is 0 Å². The number of nitrogens with zero attached hydrogens (tertiary/aromatic N) is 1. The van der Waals surface area contributed by atoms with Crippen molar-refractivity contribution in [3.63, 3.8) is 0 Å². The van der Waals surface area contributed by atoms with Gasteiger partial charge >= 0.3 is 0 Å². The third kappa shape index (κ3) is 2.69. The molecule has 1 aliphatic heterocycles. The second kappa shape index (κ2) is 4.93. The highest BCUT2D eigenvalue weighted by atomic mass is 15.1. The maximum atomic E-state index is 3.51. The second-order valence-corrected chi connectivity index (χ2v) is 6.65. The fourth-order valence-electron chi connectivity index (χ4n) is 2.69. The highest BCUT2D eigenvalue weighted by Gasteiger charge is 2.28. The van der Waals surface area contributed by atoms with E-state index < -0.39 is 0 Å². The Labute approximate surface area is 111 Å². The number of anilines is 1. The minimum absolute atomic E-state index is 0.334. The lowest BCUT2D eigenvalue weighted by atomic mass is 9.86. The van der Waals surface area contributed by atoms with E-state index in [1.807, 2.05) is 0 Å². The van der Waals surface area contributed by atoms with Gasteiger partial charge in [-0.3, -0.25) is 0 Å². The predicted molar refractivity (Wildman–Crippen MR) is 79.2 cm³/mol. The molecule has 0 spiro atoms. The summed E-state index contributed by atoms with van der Waals surface area (Å²) in [7, 11) is 2.25. The molecular weight excluding hydrogens is 220 g/mol. The van der Waals surface area contributed by atoms with Gasteiger partial charge in [0.25, 0.3) is 0 Å². The number of likely N-dealkylation sites (N-methyl/N-ethyl adjacent to an activating group) is 1. The van der Waals surface area contributed by atoms with Gasteiger partial charge in [0.15, 0.2) is 0 Å². The zero-order valence-electron chi connectivity index (χ0n) is 12.3. The maximum Gasteiger partial charge on any atom is 0.0376 e. The molecule has 0 radical (unpaired) electrons. The minimum Gasteiger partial charge on any atom is -0.384 e. The molecule has 0 saturated heterocycles. The lowest BCUT2D eigenvalue weighted by molar-refractivity contribution is 0.136. The lowest BCUT2D eigenvalue weighted by Gasteiger charge is -2.36. The van der Waals surface area contributed by atoms with E-state index in [0.29, 0.717) is 17.4 Å². The molecule has 0 saturated carbocycles. The summed E-state index contributed by atoms with van der Waals surface area (Å²) >= 11 is 0. The van der Waals surface area contributed by atoms with Gasteiger partial charge < -0.3 is 10.2 Å². The number of hydrogen-bond donors (Lipinski definition) is 1. The van der Waals surface area contributed by atoms with Crippen LogP contribution in [0.15, 0.2) is 24.3 Å². The summed E-state index contributed by atoms with van der Waals surface area (Å²) in [5, 5.41) is 3.51. The molecule has 2 unspecified atom stereocenters. The molecule has 0 aliphatic carbocycles. The number of rotatable bonds is 3. The molecule has 18 heavy (non-hydrogen) atoms. The first kappa shape index (κ1) is 13.4. The summed E-state index contributed by atoms with van der Waals surface area (Å²) in [6, 6.07) is 9.28. The van der Waals surface area contributed by atoms with Gasteiger partial charge in [0.05, 0.1) is 0 Å². The van der Waals surface area contributed by atoms with Gasteiger partial charge in [-0.15, -0.1) is 0 Å². The van der Waals surface area contributed by atoms with Gasteiger partial charge in [-0.05, 0) is 31.0 Å². The Morgan fingerprint density at radius 2 is 2.00 bits per heavy atom. The Balaban J connectivity index is 2.04. The average Bonchev–Trinajstić information content (AvgIpc) is 2.70. The molecule has 1 aromatic rings. The van der Waals surface area contributed by atoms with Crippen LogP contribution in [0, 0.1) is 5.41 Å². The minimum atomic E-state index is 0.334. The van der Waals surface area contributed by atoms with Gasteiger partial charge in [-0.2, -0.15) is 0 Å². The molecule has 1 N–H and O–H groups in total. The fraction of sp³-hybridized carbons (Fsp3) is 0.625. The van der Waals surface area contributed by atoms with Crippen LogP contribution >= 0.6 is 0 Å². The predicted octanol–water partition coefficient (Wildman–Crippen LogP) is 3.56. The summed E-state index contributed by atoms with van der Waals surface area (Å²) in [5.41, 5.74) is 3.13. The summed E-state index contributed by atoms with van der Waals surface area (Å²) in [4.78, 5) is 2.49. The monoisotopic (exact) mass is 246 g/mol. The summed E-state index contributed by atoms with van der Waals surface area (Å²) in [6.07, 6.45) is 0. The van der Waals surface area contributed by atoms with Gasteiger partial charge in [-0.25, -0.2) is 0 Å². The molecule has 0 fully saturated rings. The van der Waals surface area contributed by atoms with Crippen LogP contribution in [0.4, 0.5) is 5.69 Å². The summed E-state index contributed by atoms with van der Waals surface area (Å²) in [6.45, 7) is 11.5. The van der Waals surface area contributed by atoms with Gasteiger partial charge in [0, 0.05) is 30.7 Å². The molecule has 0 aromatic heterocycles. The van der Waals surface area contributed by atoms with E-state index >= 15 is 0 Å². The Kier molecular flexibility index (Phi) is 3.67. The highest BCUT2D eigenvalue weighted by molar-refractivity contribution is 5.57. The van der Waals surface area contributed by atoms with Crippen LogP contribution < -0.4 is 5.32 Å². The Bertz CT molecular complexity index is 406. The number of para-hydroxylation sites is 1. The molecule has 0 bridgehead atoms. The molecule has 1 aromatic carbocycles. The average molecular weight is 246 g/mol. The summed E-state index contributed by atoms with van der Waals surface area (Å²) in [5.74, 6) is 0.621. The molecule has 0 amide bonds. The zero-order chi connectivity index (χ0) is 13.3. The maximum absolute atomic E-state index is 3.51. The molecule has 2 heteroatoms. The van der Waals surface area contributed by atoms with Crippen molar-refractivity contribution in [2.45, 2.75) is 39.7 Å². The Morgan fingerprint density at radius 1 is 1.33 bits per heavy atom. The normalized spacial score (nSPS) is 20.7. The first-order chi connectivity index (χ1) is 8.39. The molecule has 2 atom stereocenters. The van der Waals surface area contributed by atoms with E-state index in [4.69, 9.17) is 0 Å². The first-order valence-corrected chi connectivity index (χ1v) is 6.92. The molecule has 2 rings (SSSR count). The van der Waals surface area contributed by atoms with Crippen molar-refractivity contribution >= 4 is 5.69 Å². The van der Waals surface area contributed by atoms with Gasteiger partial charge in [0.2, 0.25) is 0 Å². The van der Waals surface area contributed by atoms with Gasteiger partial charge in [-0.1, -0.05) is 39.0 Å². The number of hydrogen-bond acceptors (Lipinski definition) is 2. The topological polar surface area (TPSA) is 15.3 Å². The highest BCUT2D eigenvalue weighted by Crippen LogP contribution is 2.33. The van der Waals surface area contributed by atoms with Crippen LogP contribution in [0.25, 0.3) is 0 Å². The molecule has 1 heterocycles. The summed E-state index contributed by atoms with van der Waals surface area (Å²) < 4.78 is 0. The quantitative estimate of drug-likeness (QED) is 0.877. The van der Waals surface area contributed by atoms with E-state index in [1.165, 1.54) is 11.3 Å². The number of fused-ring (bicyclic) bond motifs is 1.